The minimum Gasteiger partial charge on any atom is -0.478 e. The molecule has 1 aromatic heterocycles. The van der Waals surface area contributed by atoms with Crippen LogP contribution >= 0.6 is 11.6 Å². The molecule has 1 saturated carbocycles. The van der Waals surface area contributed by atoms with E-state index in [0.717, 1.165) is 43.1 Å². The van der Waals surface area contributed by atoms with E-state index in [-0.39, 0.29) is 11.9 Å². The largest absolute Gasteiger partial charge is 0.478 e. The maximum atomic E-state index is 11.9. The van der Waals surface area contributed by atoms with Gasteiger partial charge in [0.25, 0.3) is 0 Å². The van der Waals surface area contributed by atoms with Gasteiger partial charge in [0.1, 0.15) is 5.60 Å². The number of benzene rings is 1. The smallest absolute Gasteiger partial charge is 0.319 e. The Morgan fingerprint density at radius 2 is 2.00 bits per heavy atom. The molecule has 1 aliphatic heterocycles. The van der Waals surface area contributed by atoms with Crippen LogP contribution in [0.25, 0.3) is 0 Å². The van der Waals surface area contributed by atoms with Crippen molar-refractivity contribution in [3.05, 3.63) is 46.6 Å². The van der Waals surface area contributed by atoms with E-state index in [2.05, 4.69) is 20.9 Å². The van der Waals surface area contributed by atoms with Gasteiger partial charge in [-0.05, 0) is 50.7 Å². The zero-order valence-corrected chi connectivity index (χ0v) is 18.4. The van der Waals surface area contributed by atoms with Gasteiger partial charge in [0, 0.05) is 36.8 Å². The summed E-state index contributed by atoms with van der Waals surface area (Å²) in [6.07, 6.45) is 4.47. The number of likely N-dealkylation sites (tertiary alicyclic amines) is 1. The zero-order valence-electron chi connectivity index (χ0n) is 17.7. The number of aliphatic hydroxyl groups is 1. The van der Waals surface area contributed by atoms with Crippen molar-refractivity contribution in [2.24, 2.45) is 11.8 Å². The Hall–Kier alpha value is -1.89. The minimum absolute atomic E-state index is 0.106. The third-order valence-corrected chi connectivity index (χ3v) is 6.74. The van der Waals surface area contributed by atoms with Gasteiger partial charge in [0.15, 0.2) is 0 Å². The van der Waals surface area contributed by atoms with E-state index >= 15 is 0 Å². The van der Waals surface area contributed by atoms with Crippen LogP contribution in [-0.4, -0.2) is 46.3 Å². The summed E-state index contributed by atoms with van der Waals surface area (Å²) >= 11 is 6.38. The summed E-state index contributed by atoms with van der Waals surface area (Å²) in [6.45, 7) is 7.32. The fraction of sp³-hybridized carbons (Fsp3) is 0.565. The average Bonchev–Trinajstić information content (AvgIpc) is 3.15. The summed E-state index contributed by atoms with van der Waals surface area (Å²) in [6, 6.07) is 8.26. The van der Waals surface area contributed by atoms with Crippen LogP contribution in [0.5, 0.6) is 11.9 Å². The molecule has 2 heterocycles. The van der Waals surface area contributed by atoms with Crippen LogP contribution in [0.15, 0.2) is 30.5 Å². The first kappa shape index (κ1) is 21.3. The van der Waals surface area contributed by atoms with Crippen molar-refractivity contribution in [3.8, 4) is 11.9 Å². The average molecular weight is 432 g/mol. The molecule has 6 nitrogen and oxygen atoms in total. The number of ether oxygens (including phenoxy) is 2. The number of aromatic nitrogens is 2. The number of nitrogens with zero attached hydrogens (tertiary/aromatic N) is 3. The van der Waals surface area contributed by atoms with Crippen molar-refractivity contribution in [2.75, 3.05) is 26.3 Å². The molecule has 30 heavy (non-hydrogen) atoms. The minimum atomic E-state index is -1.01. The Labute approximate surface area is 183 Å². The summed E-state index contributed by atoms with van der Waals surface area (Å²) < 4.78 is 11.3. The Bertz CT molecular complexity index is 881. The lowest BCUT2D eigenvalue weighted by molar-refractivity contribution is -0.0672. The molecular formula is C23H30ClN3O3. The maximum Gasteiger partial charge on any atom is 0.319 e. The highest BCUT2D eigenvalue weighted by atomic mass is 35.5. The topological polar surface area (TPSA) is 67.7 Å². The Morgan fingerprint density at radius 1 is 1.20 bits per heavy atom. The van der Waals surface area contributed by atoms with Gasteiger partial charge in [-0.2, -0.15) is 4.98 Å². The lowest BCUT2D eigenvalue weighted by Gasteiger charge is -2.41. The predicted octanol–water partition coefficient (Wildman–Crippen LogP) is 4.05. The summed E-state index contributed by atoms with van der Waals surface area (Å²) in [5.74, 6) is 0.963. The molecule has 1 aliphatic carbocycles. The van der Waals surface area contributed by atoms with Gasteiger partial charge in [-0.3, -0.25) is 4.90 Å². The van der Waals surface area contributed by atoms with Gasteiger partial charge in [0.2, 0.25) is 5.88 Å². The number of fused-ring (bicyclic) bond motifs is 1. The number of rotatable bonds is 7. The van der Waals surface area contributed by atoms with Crippen molar-refractivity contribution in [1.29, 1.82) is 0 Å². The van der Waals surface area contributed by atoms with Gasteiger partial charge in [-0.25, -0.2) is 4.98 Å². The monoisotopic (exact) mass is 431 g/mol. The quantitative estimate of drug-likeness (QED) is 0.713. The normalized spacial score (nSPS) is 26.4. The molecule has 4 rings (SSSR count). The van der Waals surface area contributed by atoms with Gasteiger partial charge >= 0.3 is 6.01 Å². The molecule has 0 radical (unpaired) electrons. The van der Waals surface area contributed by atoms with Gasteiger partial charge in [-0.15, -0.1) is 0 Å². The Kier molecular flexibility index (Phi) is 6.46. The van der Waals surface area contributed by atoms with Crippen LogP contribution in [0.3, 0.4) is 0 Å². The third kappa shape index (κ3) is 4.13. The van der Waals surface area contributed by atoms with E-state index in [0.29, 0.717) is 37.0 Å². The summed E-state index contributed by atoms with van der Waals surface area (Å²) in [5.41, 5.74) is 0.802. The molecule has 2 aromatic rings. The van der Waals surface area contributed by atoms with E-state index < -0.39 is 5.60 Å². The third-order valence-electron chi connectivity index (χ3n) is 6.37. The number of halogens is 1. The zero-order chi connectivity index (χ0) is 21.1. The molecule has 3 unspecified atom stereocenters. The molecule has 0 amide bonds. The second-order valence-electron chi connectivity index (χ2n) is 8.21. The number of hydrogen-bond donors (Lipinski definition) is 1. The van der Waals surface area contributed by atoms with E-state index in [9.17, 15) is 5.11 Å². The second kappa shape index (κ2) is 9.08. The van der Waals surface area contributed by atoms with Gasteiger partial charge in [-0.1, -0.05) is 29.8 Å². The van der Waals surface area contributed by atoms with Crippen LogP contribution < -0.4 is 9.47 Å². The lowest BCUT2D eigenvalue weighted by atomic mass is 9.68. The second-order valence-corrected chi connectivity index (χ2v) is 8.61. The van der Waals surface area contributed by atoms with Crippen molar-refractivity contribution in [1.82, 2.24) is 14.9 Å². The maximum absolute atomic E-state index is 11.9. The van der Waals surface area contributed by atoms with E-state index in [1.807, 2.05) is 32.0 Å². The van der Waals surface area contributed by atoms with Crippen LogP contribution in [0.2, 0.25) is 5.02 Å². The molecule has 2 aliphatic rings. The Balaban J connectivity index is 1.60. The standard InChI is InChI=1S/C23H30ClN3O3/c1-3-29-21-18(12-25-22(26-21)30-4-2)23(28)11-7-9-16-13-27(15-19(16)23)14-17-8-5-6-10-20(17)24/h5-6,8,10,12,16,19,28H,3-4,7,9,11,13-15H2,1-2H3. The van der Waals surface area contributed by atoms with Crippen molar-refractivity contribution >= 4 is 11.6 Å². The molecule has 3 atom stereocenters. The Morgan fingerprint density at radius 3 is 2.77 bits per heavy atom. The van der Waals surface area contributed by atoms with E-state index in [1.54, 1.807) is 6.20 Å². The highest BCUT2D eigenvalue weighted by Crippen LogP contribution is 2.50. The molecule has 7 heteroatoms. The molecule has 1 N–H and O–H groups in total. The van der Waals surface area contributed by atoms with Crippen molar-refractivity contribution < 1.29 is 14.6 Å². The first-order valence-electron chi connectivity index (χ1n) is 10.9. The van der Waals surface area contributed by atoms with Crippen molar-refractivity contribution in [3.63, 3.8) is 0 Å². The van der Waals surface area contributed by atoms with Gasteiger partial charge in [0.05, 0.1) is 18.8 Å². The molecule has 0 bridgehead atoms. The first-order valence-corrected chi connectivity index (χ1v) is 11.2. The van der Waals surface area contributed by atoms with Crippen LogP contribution in [0.4, 0.5) is 0 Å². The van der Waals surface area contributed by atoms with Crippen LogP contribution in [-0.2, 0) is 12.1 Å². The first-order chi connectivity index (χ1) is 14.5. The van der Waals surface area contributed by atoms with Crippen LogP contribution in [0, 0.1) is 11.8 Å². The van der Waals surface area contributed by atoms with Crippen LogP contribution in [0.1, 0.15) is 44.2 Å². The molecule has 0 spiro atoms. The van der Waals surface area contributed by atoms with E-state index in [1.165, 1.54) is 0 Å². The molecular weight excluding hydrogens is 402 g/mol. The number of hydrogen-bond acceptors (Lipinski definition) is 6. The molecule has 162 valence electrons. The lowest BCUT2D eigenvalue weighted by Crippen LogP contribution is -2.43. The SMILES string of the molecule is CCOc1ncc(C2(O)CCCC3CN(Cc4ccccc4Cl)CC32)c(OCC)n1. The highest BCUT2D eigenvalue weighted by molar-refractivity contribution is 6.31. The van der Waals surface area contributed by atoms with E-state index in [4.69, 9.17) is 21.1 Å². The molecule has 1 aromatic carbocycles. The fourth-order valence-corrected chi connectivity index (χ4v) is 5.23. The van der Waals surface area contributed by atoms with Crippen molar-refractivity contribution in [2.45, 2.75) is 45.3 Å². The summed E-state index contributed by atoms with van der Waals surface area (Å²) in [7, 11) is 0. The summed E-state index contributed by atoms with van der Waals surface area (Å²) in [5, 5.41) is 12.7. The molecule has 2 fully saturated rings. The highest BCUT2D eigenvalue weighted by Gasteiger charge is 2.51. The van der Waals surface area contributed by atoms with Gasteiger partial charge < -0.3 is 14.6 Å². The predicted molar refractivity (Wildman–Crippen MR) is 116 cm³/mol. The fourth-order valence-electron chi connectivity index (χ4n) is 5.04. The molecule has 1 saturated heterocycles. The summed E-state index contributed by atoms with van der Waals surface area (Å²) in [4.78, 5) is 11.2.